The number of carbonyl (C=O) groups is 1. The number of carbonyl (C=O) groups excluding carboxylic acids is 1. The van der Waals surface area contributed by atoms with Crippen LogP contribution in [-0.4, -0.2) is 26.1 Å². The van der Waals surface area contributed by atoms with E-state index in [2.05, 4.69) is 47.5 Å². The number of benzene rings is 2. The fraction of sp³-hybridized carbons (Fsp3) is 0.458. The third-order valence-corrected chi connectivity index (χ3v) is 5.55. The average Bonchev–Trinajstić information content (AvgIpc) is 2.71. The maximum Gasteiger partial charge on any atom is 0.220 e. The summed E-state index contributed by atoms with van der Waals surface area (Å²) in [5.74, 6) is 1.74. The van der Waals surface area contributed by atoms with Gasteiger partial charge in [-0.05, 0) is 67.0 Å². The molecule has 0 aliphatic carbocycles. The van der Waals surface area contributed by atoms with Crippen LogP contribution < -0.4 is 15.0 Å². The minimum absolute atomic E-state index is 0.0856. The zero-order valence-corrected chi connectivity index (χ0v) is 17.3. The smallest absolute Gasteiger partial charge is 0.220 e. The van der Waals surface area contributed by atoms with Crippen molar-refractivity contribution in [3.05, 3.63) is 59.2 Å². The highest BCUT2D eigenvalue weighted by molar-refractivity contribution is 5.76. The van der Waals surface area contributed by atoms with E-state index < -0.39 is 0 Å². The molecular weight excluding hydrogens is 348 g/mol. The summed E-state index contributed by atoms with van der Waals surface area (Å²) in [5, 5.41) is 3.04. The molecule has 150 valence electrons. The number of nitrogens with one attached hydrogen (secondary N) is 1. The van der Waals surface area contributed by atoms with Gasteiger partial charge in [-0.1, -0.05) is 31.2 Å². The SMILES string of the molecule is COc1ccc(CCC(=O)NCc2ccc(N3CCCC(C)C3)cc2)cc1C. The number of methoxy groups -OCH3 is 1. The number of rotatable bonds is 7. The second kappa shape index (κ2) is 9.63. The van der Waals surface area contributed by atoms with Gasteiger partial charge >= 0.3 is 0 Å². The highest BCUT2D eigenvalue weighted by atomic mass is 16.5. The maximum absolute atomic E-state index is 12.2. The molecule has 1 heterocycles. The van der Waals surface area contributed by atoms with E-state index in [0.29, 0.717) is 13.0 Å². The molecule has 2 aromatic carbocycles. The summed E-state index contributed by atoms with van der Waals surface area (Å²) in [6.45, 7) is 7.21. The molecule has 0 bridgehead atoms. The van der Waals surface area contributed by atoms with Crippen LogP contribution in [0, 0.1) is 12.8 Å². The van der Waals surface area contributed by atoms with Crippen molar-refractivity contribution in [3.63, 3.8) is 0 Å². The Labute approximate surface area is 168 Å². The van der Waals surface area contributed by atoms with E-state index in [1.807, 2.05) is 19.1 Å². The molecule has 28 heavy (non-hydrogen) atoms. The monoisotopic (exact) mass is 380 g/mol. The Morgan fingerprint density at radius 2 is 1.93 bits per heavy atom. The molecule has 1 aliphatic heterocycles. The van der Waals surface area contributed by atoms with Crippen LogP contribution in [-0.2, 0) is 17.8 Å². The predicted molar refractivity (Wildman–Crippen MR) is 115 cm³/mol. The van der Waals surface area contributed by atoms with Gasteiger partial charge in [0.15, 0.2) is 0 Å². The van der Waals surface area contributed by atoms with Gasteiger partial charge < -0.3 is 15.0 Å². The number of nitrogens with zero attached hydrogens (tertiary/aromatic N) is 1. The van der Waals surface area contributed by atoms with Crippen LogP contribution in [0.3, 0.4) is 0 Å². The van der Waals surface area contributed by atoms with Crippen molar-refractivity contribution >= 4 is 11.6 Å². The molecule has 0 spiro atoms. The van der Waals surface area contributed by atoms with Crippen molar-refractivity contribution in [2.75, 3.05) is 25.1 Å². The Hall–Kier alpha value is -2.49. The Balaban J connectivity index is 1.44. The van der Waals surface area contributed by atoms with Gasteiger partial charge in [0, 0.05) is 31.7 Å². The number of piperidine rings is 1. The van der Waals surface area contributed by atoms with Crippen LogP contribution in [0.2, 0.25) is 0 Å². The normalized spacial score (nSPS) is 16.7. The van der Waals surface area contributed by atoms with Gasteiger partial charge in [-0.25, -0.2) is 0 Å². The summed E-state index contributed by atoms with van der Waals surface area (Å²) in [6.07, 6.45) is 3.83. The van der Waals surface area contributed by atoms with Crippen molar-refractivity contribution in [1.29, 1.82) is 0 Å². The Morgan fingerprint density at radius 1 is 1.18 bits per heavy atom. The Morgan fingerprint density at radius 3 is 2.61 bits per heavy atom. The molecule has 1 saturated heterocycles. The minimum atomic E-state index is 0.0856. The lowest BCUT2D eigenvalue weighted by Gasteiger charge is -2.32. The molecule has 0 saturated carbocycles. The van der Waals surface area contributed by atoms with Gasteiger partial charge in [0.25, 0.3) is 0 Å². The number of hydrogen-bond acceptors (Lipinski definition) is 3. The quantitative estimate of drug-likeness (QED) is 0.769. The third kappa shape index (κ3) is 5.51. The standard InChI is InChI=1S/C24H32N2O2/c1-18-5-4-14-26(17-18)22-10-6-21(7-11-22)16-25-24(27)13-9-20-8-12-23(28-3)19(2)15-20/h6-8,10-12,15,18H,4-5,9,13-14,16-17H2,1-3H3,(H,25,27). The number of hydrogen-bond donors (Lipinski definition) is 1. The van der Waals surface area contributed by atoms with Crippen molar-refractivity contribution in [1.82, 2.24) is 5.32 Å². The van der Waals surface area contributed by atoms with Crippen LogP contribution in [0.15, 0.2) is 42.5 Å². The second-order valence-corrected chi connectivity index (χ2v) is 7.94. The Kier molecular flexibility index (Phi) is 6.96. The summed E-state index contributed by atoms with van der Waals surface area (Å²) >= 11 is 0. The topological polar surface area (TPSA) is 41.6 Å². The molecule has 2 aromatic rings. The van der Waals surface area contributed by atoms with E-state index in [1.54, 1.807) is 7.11 Å². The van der Waals surface area contributed by atoms with E-state index in [-0.39, 0.29) is 5.91 Å². The van der Waals surface area contributed by atoms with E-state index in [0.717, 1.165) is 47.9 Å². The summed E-state index contributed by atoms with van der Waals surface area (Å²) in [6, 6.07) is 14.7. The van der Waals surface area contributed by atoms with Crippen molar-refractivity contribution < 1.29 is 9.53 Å². The summed E-state index contributed by atoms with van der Waals surface area (Å²) in [5.41, 5.74) is 4.69. The molecular formula is C24H32N2O2. The first-order valence-corrected chi connectivity index (χ1v) is 10.3. The molecule has 4 nitrogen and oxygen atoms in total. The zero-order valence-electron chi connectivity index (χ0n) is 17.3. The molecule has 1 amide bonds. The number of ether oxygens (including phenoxy) is 1. The molecule has 3 rings (SSSR count). The number of anilines is 1. The van der Waals surface area contributed by atoms with Gasteiger partial charge in [-0.3, -0.25) is 4.79 Å². The maximum atomic E-state index is 12.2. The third-order valence-electron chi connectivity index (χ3n) is 5.55. The molecule has 1 fully saturated rings. The fourth-order valence-electron chi connectivity index (χ4n) is 3.89. The summed E-state index contributed by atoms with van der Waals surface area (Å²) < 4.78 is 5.28. The molecule has 1 unspecified atom stereocenters. The lowest BCUT2D eigenvalue weighted by Crippen LogP contribution is -2.34. The lowest BCUT2D eigenvalue weighted by atomic mass is 9.99. The highest BCUT2D eigenvalue weighted by Crippen LogP contribution is 2.23. The molecule has 4 heteroatoms. The molecule has 1 N–H and O–H groups in total. The molecule has 0 radical (unpaired) electrons. The zero-order chi connectivity index (χ0) is 19.9. The second-order valence-electron chi connectivity index (χ2n) is 7.94. The largest absolute Gasteiger partial charge is 0.496 e. The van der Waals surface area contributed by atoms with E-state index in [4.69, 9.17) is 4.74 Å². The van der Waals surface area contributed by atoms with Crippen LogP contribution in [0.1, 0.15) is 42.9 Å². The van der Waals surface area contributed by atoms with E-state index >= 15 is 0 Å². The van der Waals surface area contributed by atoms with Gasteiger partial charge in [-0.15, -0.1) is 0 Å². The van der Waals surface area contributed by atoms with Crippen LogP contribution in [0.5, 0.6) is 5.75 Å². The number of amides is 1. The van der Waals surface area contributed by atoms with Crippen molar-refractivity contribution in [2.24, 2.45) is 5.92 Å². The molecule has 0 aromatic heterocycles. The first kappa shape index (κ1) is 20.2. The van der Waals surface area contributed by atoms with Crippen LogP contribution in [0.25, 0.3) is 0 Å². The minimum Gasteiger partial charge on any atom is -0.496 e. The van der Waals surface area contributed by atoms with Gasteiger partial charge in [0.05, 0.1) is 7.11 Å². The van der Waals surface area contributed by atoms with E-state index in [9.17, 15) is 4.79 Å². The van der Waals surface area contributed by atoms with Crippen LogP contribution in [0.4, 0.5) is 5.69 Å². The van der Waals surface area contributed by atoms with Crippen molar-refractivity contribution in [2.45, 2.75) is 46.1 Å². The first-order valence-electron chi connectivity index (χ1n) is 10.3. The first-order chi connectivity index (χ1) is 13.5. The summed E-state index contributed by atoms with van der Waals surface area (Å²) in [7, 11) is 1.68. The lowest BCUT2D eigenvalue weighted by molar-refractivity contribution is -0.121. The molecule has 1 atom stereocenters. The molecule has 1 aliphatic rings. The predicted octanol–water partition coefficient (Wildman–Crippen LogP) is 4.49. The van der Waals surface area contributed by atoms with Crippen molar-refractivity contribution in [3.8, 4) is 5.75 Å². The number of aryl methyl sites for hydroxylation is 2. The van der Waals surface area contributed by atoms with E-state index in [1.165, 1.54) is 18.5 Å². The average molecular weight is 381 g/mol. The highest BCUT2D eigenvalue weighted by Gasteiger charge is 2.16. The van der Waals surface area contributed by atoms with Gasteiger partial charge in [0.2, 0.25) is 5.91 Å². The summed E-state index contributed by atoms with van der Waals surface area (Å²) in [4.78, 5) is 14.7. The Bertz CT molecular complexity index is 786. The van der Waals surface area contributed by atoms with Gasteiger partial charge in [0.1, 0.15) is 5.75 Å². The van der Waals surface area contributed by atoms with Crippen LogP contribution >= 0.6 is 0 Å². The van der Waals surface area contributed by atoms with Gasteiger partial charge in [-0.2, -0.15) is 0 Å². The fourth-order valence-corrected chi connectivity index (χ4v) is 3.89.